The molecule has 0 fully saturated rings. The molecule has 1 heterocycles. The molecule has 1 atom stereocenters. The van der Waals surface area contributed by atoms with Crippen molar-refractivity contribution >= 4 is 9.84 Å². The van der Waals surface area contributed by atoms with Crippen LogP contribution >= 0.6 is 0 Å². The molecule has 0 radical (unpaired) electrons. The van der Waals surface area contributed by atoms with Crippen LogP contribution < -0.4 is 0 Å². The number of aliphatic hydroxyl groups is 1. The molecule has 148 valence electrons. The summed E-state index contributed by atoms with van der Waals surface area (Å²) in [5.41, 5.74) is -0.354. The third kappa shape index (κ3) is 3.57. The van der Waals surface area contributed by atoms with E-state index in [0.717, 1.165) is 0 Å². The van der Waals surface area contributed by atoms with Crippen LogP contribution in [0.5, 0.6) is 0 Å². The summed E-state index contributed by atoms with van der Waals surface area (Å²) in [6.45, 7) is 1.49. The fourth-order valence-electron chi connectivity index (χ4n) is 3.10. The largest absolute Gasteiger partial charge is 0.376 e. The Hall–Kier alpha value is -2.58. The summed E-state index contributed by atoms with van der Waals surface area (Å²) < 4.78 is 69.9. The summed E-state index contributed by atoms with van der Waals surface area (Å²) in [5, 5.41) is 7.59. The summed E-state index contributed by atoms with van der Waals surface area (Å²) in [5.74, 6) is -4.07. The van der Waals surface area contributed by atoms with Gasteiger partial charge in [-0.05, 0) is 42.3 Å². The van der Waals surface area contributed by atoms with E-state index < -0.39 is 44.8 Å². The van der Waals surface area contributed by atoms with E-state index in [2.05, 4.69) is 0 Å². The maximum absolute atomic E-state index is 14.6. The topological polar surface area (TPSA) is 57.6 Å². The average Bonchev–Trinajstić information content (AvgIpc) is 2.69. The summed E-state index contributed by atoms with van der Waals surface area (Å²) >= 11 is 0. The first-order chi connectivity index (χ1) is 13.3. The van der Waals surface area contributed by atoms with Gasteiger partial charge in [0, 0.05) is 18.3 Å². The first-order valence-electron chi connectivity index (χ1n) is 8.43. The molecule has 2 aromatic rings. The van der Waals surface area contributed by atoms with Gasteiger partial charge < -0.3 is 10.0 Å². The molecule has 3 rings (SSSR count). The summed E-state index contributed by atoms with van der Waals surface area (Å²) in [6.07, 6.45) is 2.97. The fraction of sp³-hybridized carbons (Fsp3) is 0.200. The van der Waals surface area contributed by atoms with Gasteiger partial charge >= 0.3 is 0 Å². The zero-order valence-electron chi connectivity index (χ0n) is 14.9. The van der Waals surface area contributed by atoms with Gasteiger partial charge in [-0.1, -0.05) is 24.3 Å². The van der Waals surface area contributed by atoms with E-state index in [4.69, 9.17) is 0 Å². The third-order valence-corrected chi connectivity index (χ3v) is 6.64. The third-order valence-electron chi connectivity index (χ3n) is 4.60. The highest BCUT2D eigenvalue weighted by molar-refractivity contribution is 7.92. The second-order valence-corrected chi connectivity index (χ2v) is 8.41. The number of hydrogen-bond acceptors (Lipinski definition) is 4. The Balaban J connectivity index is 2.32. The second-order valence-electron chi connectivity index (χ2n) is 6.38. The number of aliphatic hydroxyl groups excluding tert-OH is 1. The molecule has 1 unspecified atom stereocenters. The lowest BCUT2D eigenvalue weighted by Crippen LogP contribution is -2.27. The summed E-state index contributed by atoms with van der Waals surface area (Å²) in [6, 6.07) is 8.51. The molecular weight excluding hydrogens is 391 g/mol. The average molecular weight is 409 g/mol. The molecule has 0 aromatic heterocycles. The van der Waals surface area contributed by atoms with Crippen molar-refractivity contribution in [2.24, 2.45) is 0 Å². The van der Waals surface area contributed by atoms with Gasteiger partial charge in [0.1, 0.15) is 17.8 Å². The number of sulfone groups is 1. The first kappa shape index (κ1) is 20.2. The molecule has 1 N–H and O–H groups in total. The molecule has 0 saturated carbocycles. The molecule has 4 nitrogen and oxygen atoms in total. The Morgan fingerprint density at radius 3 is 2.36 bits per heavy atom. The van der Waals surface area contributed by atoms with Crippen LogP contribution in [0.15, 0.2) is 70.8 Å². The van der Waals surface area contributed by atoms with Crippen molar-refractivity contribution in [2.45, 2.75) is 17.1 Å². The quantitative estimate of drug-likeness (QED) is 0.765. The van der Waals surface area contributed by atoms with Crippen molar-refractivity contribution in [3.05, 3.63) is 88.9 Å². The van der Waals surface area contributed by atoms with Crippen LogP contribution in [-0.2, 0) is 9.84 Å². The summed E-state index contributed by atoms with van der Waals surface area (Å²) in [4.78, 5) is 1.23. The van der Waals surface area contributed by atoms with Crippen LogP contribution in [0, 0.1) is 17.5 Å². The zero-order chi connectivity index (χ0) is 20.5. The van der Waals surface area contributed by atoms with E-state index in [1.165, 1.54) is 35.4 Å². The lowest BCUT2D eigenvalue weighted by molar-refractivity contribution is 0.160. The molecule has 0 saturated heterocycles. The monoisotopic (exact) mass is 409 g/mol. The highest BCUT2D eigenvalue weighted by Crippen LogP contribution is 2.42. The van der Waals surface area contributed by atoms with Crippen molar-refractivity contribution in [2.75, 3.05) is 13.3 Å². The minimum atomic E-state index is -4.34. The number of nitrogens with zero attached hydrogens (tertiary/aromatic N) is 1. The van der Waals surface area contributed by atoms with Crippen molar-refractivity contribution in [1.82, 2.24) is 4.90 Å². The van der Waals surface area contributed by atoms with Crippen LogP contribution in [0.4, 0.5) is 13.2 Å². The maximum atomic E-state index is 14.6. The Labute approximate surface area is 161 Å². The molecule has 0 bridgehead atoms. The van der Waals surface area contributed by atoms with Gasteiger partial charge in [-0.15, -0.1) is 0 Å². The Morgan fingerprint density at radius 2 is 1.71 bits per heavy atom. The SMILES string of the molecule is CC1=CCN(CO)C=C1C(c1c(F)ccc(F)c1F)S(=O)(=O)c1ccccc1. The van der Waals surface area contributed by atoms with Crippen LogP contribution in [-0.4, -0.2) is 31.7 Å². The van der Waals surface area contributed by atoms with E-state index in [-0.39, 0.29) is 10.5 Å². The van der Waals surface area contributed by atoms with Crippen LogP contribution in [0.1, 0.15) is 17.7 Å². The summed E-state index contributed by atoms with van der Waals surface area (Å²) in [7, 11) is -4.34. The van der Waals surface area contributed by atoms with Crippen molar-refractivity contribution in [3.63, 3.8) is 0 Å². The van der Waals surface area contributed by atoms with E-state index in [9.17, 15) is 26.7 Å². The van der Waals surface area contributed by atoms with Crippen LogP contribution in [0.3, 0.4) is 0 Å². The molecule has 2 aromatic carbocycles. The zero-order valence-corrected chi connectivity index (χ0v) is 15.8. The minimum Gasteiger partial charge on any atom is -0.376 e. The molecule has 0 aliphatic carbocycles. The Kier molecular flexibility index (Phi) is 5.62. The number of benzene rings is 2. The maximum Gasteiger partial charge on any atom is 0.189 e. The van der Waals surface area contributed by atoms with Gasteiger partial charge in [-0.2, -0.15) is 0 Å². The number of allylic oxidation sites excluding steroid dienone is 1. The van der Waals surface area contributed by atoms with E-state index in [1.54, 1.807) is 19.1 Å². The fourth-order valence-corrected chi connectivity index (χ4v) is 5.02. The van der Waals surface area contributed by atoms with E-state index in [0.29, 0.717) is 24.3 Å². The van der Waals surface area contributed by atoms with Crippen LogP contribution in [0.25, 0.3) is 0 Å². The molecule has 8 heteroatoms. The normalized spacial score (nSPS) is 15.8. The minimum absolute atomic E-state index is 0.0625. The lowest BCUT2D eigenvalue weighted by Gasteiger charge is -2.29. The van der Waals surface area contributed by atoms with Gasteiger partial charge in [-0.25, -0.2) is 21.6 Å². The van der Waals surface area contributed by atoms with E-state index in [1.807, 2.05) is 0 Å². The molecule has 0 spiro atoms. The number of hydrogen-bond donors (Lipinski definition) is 1. The van der Waals surface area contributed by atoms with Gasteiger partial charge in [0.05, 0.1) is 4.90 Å². The molecule has 0 amide bonds. The van der Waals surface area contributed by atoms with E-state index >= 15 is 0 Å². The second kappa shape index (κ2) is 7.81. The van der Waals surface area contributed by atoms with Gasteiger partial charge in [0.15, 0.2) is 21.5 Å². The molecule has 1 aliphatic heterocycles. The van der Waals surface area contributed by atoms with Gasteiger partial charge in [-0.3, -0.25) is 0 Å². The molecule has 1 aliphatic rings. The van der Waals surface area contributed by atoms with Gasteiger partial charge in [0.2, 0.25) is 0 Å². The van der Waals surface area contributed by atoms with Crippen LogP contribution in [0.2, 0.25) is 0 Å². The number of rotatable bonds is 5. The first-order valence-corrected chi connectivity index (χ1v) is 9.98. The highest BCUT2D eigenvalue weighted by atomic mass is 32.2. The predicted octanol–water partition coefficient (Wildman–Crippen LogP) is 3.71. The number of halogens is 3. The lowest BCUT2D eigenvalue weighted by atomic mass is 9.96. The van der Waals surface area contributed by atoms with Gasteiger partial charge in [0.25, 0.3) is 0 Å². The molecular formula is C20H18F3NO3S. The highest BCUT2D eigenvalue weighted by Gasteiger charge is 2.39. The van der Waals surface area contributed by atoms with Crippen molar-refractivity contribution in [3.8, 4) is 0 Å². The van der Waals surface area contributed by atoms with Crippen molar-refractivity contribution in [1.29, 1.82) is 0 Å². The van der Waals surface area contributed by atoms with Crippen molar-refractivity contribution < 1.29 is 26.7 Å². The Bertz CT molecular complexity index is 1050. The Morgan fingerprint density at radius 1 is 1.07 bits per heavy atom. The molecule has 28 heavy (non-hydrogen) atoms. The smallest absolute Gasteiger partial charge is 0.189 e. The predicted molar refractivity (Wildman–Crippen MR) is 98.3 cm³/mol. The standard InChI is InChI=1S/C20H18F3NO3S/c1-13-9-10-24(12-25)11-15(13)20(18-16(21)7-8-17(22)19(18)23)28(26,27)14-5-3-2-4-6-14/h2-9,11,20,25H,10,12H2,1H3.